The molecule has 1 N–H and O–H groups in total. The van der Waals surface area contributed by atoms with Crippen molar-refractivity contribution >= 4 is 5.91 Å². The second-order valence-corrected chi connectivity index (χ2v) is 3.79. The summed E-state index contributed by atoms with van der Waals surface area (Å²) in [5, 5.41) is 11.8. The van der Waals surface area contributed by atoms with E-state index in [4.69, 9.17) is 5.26 Å². The number of nitriles is 1. The molecular weight excluding hydrogens is 200 g/mol. The van der Waals surface area contributed by atoms with Gasteiger partial charge in [-0.25, -0.2) is 0 Å². The Morgan fingerprint density at radius 2 is 2.44 bits per heavy atom. The van der Waals surface area contributed by atoms with Gasteiger partial charge in [0.05, 0.1) is 17.7 Å². The van der Waals surface area contributed by atoms with Crippen molar-refractivity contribution in [2.24, 2.45) is 0 Å². The van der Waals surface area contributed by atoms with Gasteiger partial charge in [-0.2, -0.15) is 5.26 Å². The fourth-order valence-corrected chi connectivity index (χ4v) is 2.14. The number of carbonyl (C=O) groups is 1. The van der Waals surface area contributed by atoms with Crippen molar-refractivity contribution in [3.63, 3.8) is 0 Å². The molecule has 0 radical (unpaired) electrons. The van der Waals surface area contributed by atoms with Crippen LogP contribution in [0.15, 0.2) is 30.9 Å². The van der Waals surface area contributed by atoms with Gasteiger partial charge in [0.2, 0.25) is 5.91 Å². The molecule has 1 atom stereocenters. The Hall–Kier alpha value is -2.08. The van der Waals surface area contributed by atoms with E-state index in [0.717, 1.165) is 24.0 Å². The molecule has 3 heteroatoms. The van der Waals surface area contributed by atoms with Crippen LogP contribution < -0.4 is 5.32 Å². The molecule has 1 aliphatic rings. The minimum absolute atomic E-state index is 0.0220. The van der Waals surface area contributed by atoms with Crippen LogP contribution in [0.5, 0.6) is 0 Å². The average molecular weight is 212 g/mol. The van der Waals surface area contributed by atoms with E-state index in [1.54, 1.807) is 0 Å². The molecule has 1 aliphatic carbocycles. The number of rotatable bonds is 2. The third kappa shape index (κ3) is 1.70. The van der Waals surface area contributed by atoms with Crippen LogP contribution in [-0.4, -0.2) is 5.91 Å². The summed E-state index contributed by atoms with van der Waals surface area (Å²) in [4.78, 5) is 11.2. The first-order chi connectivity index (χ1) is 7.76. The van der Waals surface area contributed by atoms with Gasteiger partial charge in [-0.15, -0.1) is 0 Å². The Bertz CT molecular complexity index is 485. The maximum Gasteiger partial charge on any atom is 0.243 e. The number of carbonyl (C=O) groups excluding carboxylic acids is 1. The van der Waals surface area contributed by atoms with Crippen molar-refractivity contribution in [1.82, 2.24) is 5.32 Å². The lowest BCUT2D eigenvalue weighted by Gasteiger charge is -2.12. The Balaban J connectivity index is 2.30. The van der Waals surface area contributed by atoms with Crippen molar-refractivity contribution in [1.29, 1.82) is 5.26 Å². The van der Waals surface area contributed by atoms with Crippen molar-refractivity contribution < 1.29 is 4.79 Å². The number of nitrogens with one attached hydrogen (secondary N) is 1. The molecule has 0 fully saturated rings. The highest BCUT2D eigenvalue weighted by Gasteiger charge is 2.24. The first kappa shape index (κ1) is 10.4. The van der Waals surface area contributed by atoms with Gasteiger partial charge in [0.25, 0.3) is 0 Å². The topological polar surface area (TPSA) is 52.9 Å². The molecule has 0 spiro atoms. The van der Waals surface area contributed by atoms with Gasteiger partial charge in [-0.3, -0.25) is 4.79 Å². The van der Waals surface area contributed by atoms with Gasteiger partial charge >= 0.3 is 0 Å². The maximum absolute atomic E-state index is 11.2. The summed E-state index contributed by atoms with van der Waals surface area (Å²) >= 11 is 0. The van der Waals surface area contributed by atoms with Gasteiger partial charge in [0, 0.05) is 0 Å². The normalized spacial score (nSPS) is 17.3. The van der Waals surface area contributed by atoms with E-state index in [0.29, 0.717) is 5.56 Å². The van der Waals surface area contributed by atoms with Crippen LogP contribution >= 0.6 is 0 Å². The molecule has 0 unspecified atom stereocenters. The van der Waals surface area contributed by atoms with Gasteiger partial charge in [-0.05, 0) is 36.1 Å². The van der Waals surface area contributed by atoms with Crippen molar-refractivity contribution in [3.8, 4) is 6.07 Å². The summed E-state index contributed by atoms with van der Waals surface area (Å²) in [6.45, 7) is 3.43. The highest BCUT2D eigenvalue weighted by atomic mass is 16.1. The van der Waals surface area contributed by atoms with E-state index >= 15 is 0 Å². The minimum atomic E-state index is -0.166. The van der Waals surface area contributed by atoms with E-state index in [2.05, 4.69) is 18.0 Å². The second-order valence-electron chi connectivity index (χ2n) is 3.79. The molecule has 1 aromatic rings. The fourth-order valence-electron chi connectivity index (χ4n) is 2.14. The predicted molar refractivity (Wildman–Crippen MR) is 60.6 cm³/mol. The molecular formula is C13H12N2O. The first-order valence-corrected chi connectivity index (χ1v) is 5.21. The quantitative estimate of drug-likeness (QED) is 0.760. The lowest BCUT2D eigenvalue weighted by atomic mass is 10.0. The summed E-state index contributed by atoms with van der Waals surface area (Å²) < 4.78 is 0. The lowest BCUT2D eigenvalue weighted by molar-refractivity contribution is -0.117. The SMILES string of the molecule is C=CC(=O)N[C@@H]1CCc2c(C#N)cccc21. The molecule has 1 amide bonds. The number of hydrogen-bond acceptors (Lipinski definition) is 2. The maximum atomic E-state index is 11.2. The largest absolute Gasteiger partial charge is 0.346 e. The molecule has 0 aromatic heterocycles. The number of amides is 1. The zero-order chi connectivity index (χ0) is 11.5. The second kappa shape index (κ2) is 4.19. The molecule has 80 valence electrons. The van der Waals surface area contributed by atoms with Crippen LogP contribution in [-0.2, 0) is 11.2 Å². The minimum Gasteiger partial charge on any atom is -0.346 e. The van der Waals surface area contributed by atoms with Crippen molar-refractivity contribution in [2.45, 2.75) is 18.9 Å². The van der Waals surface area contributed by atoms with E-state index in [-0.39, 0.29) is 11.9 Å². The molecule has 2 rings (SSSR count). The zero-order valence-electron chi connectivity index (χ0n) is 8.86. The Morgan fingerprint density at radius 1 is 1.62 bits per heavy atom. The van der Waals surface area contributed by atoms with Crippen LogP contribution in [0.25, 0.3) is 0 Å². The van der Waals surface area contributed by atoms with Gasteiger partial charge in [-0.1, -0.05) is 18.7 Å². The van der Waals surface area contributed by atoms with Gasteiger partial charge in [0.15, 0.2) is 0 Å². The average Bonchev–Trinajstić information content (AvgIpc) is 2.72. The standard InChI is InChI=1S/C13H12N2O/c1-2-13(16)15-12-7-6-10-9(8-14)4-3-5-11(10)12/h2-5,12H,1,6-7H2,(H,15,16)/t12-/m1/s1. The van der Waals surface area contributed by atoms with Crippen LogP contribution in [0.4, 0.5) is 0 Å². The molecule has 0 heterocycles. The van der Waals surface area contributed by atoms with E-state index < -0.39 is 0 Å². The molecule has 0 aliphatic heterocycles. The summed E-state index contributed by atoms with van der Waals surface area (Å²) in [5.74, 6) is -0.166. The number of hydrogen-bond donors (Lipinski definition) is 1. The van der Waals surface area contributed by atoms with Crippen molar-refractivity contribution in [2.75, 3.05) is 0 Å². The monoisotopic (exact) mass is 212 g/mol. The number of fused-ring (bicyclic) bond motifs is 1. The molecule has 1 aromatic carbocycles. The molecule has 0 saturated carbocycles. The third-order valence-electron chi connectivity index (χ3n) is 2.89. The number of nitrogens with zero attached hydrogens (tertiary/aromatic N) is 1. The van der Waals surface area contributed by atoms with Gasteiger partial charge < -0.3 is 5.32 Å². The van der Waals surface area contributed by atoms with E-state index in [9.17, 15) is 4.79 Å². The Morgan fingerprint density at radius 3 is 3.12 bits per heavy atom. The van der Waals surface area contributed by atoms with E-state index in [1.807, 2.05) is 18.2 Å². The van der Waals surface area contributed by atoms with E-state index in [1.165, 1.54) is 6.08 Å². The molecule has 0 saturated heterocycles. The smallest absolute Gasteiger partial charge is 0.243 e. The van der Waals surface area contributed by atoms with Crippen LogP contribution in [0.2, 0.25) is 0 Å². The first-order valence-electron chi connectivity index (χ1n) is 5.21. The summed E-state index contributed by atoms with van der Waals surface area (Å²) in [5.41, 5.74) is 2.85. The third-order valence-corrected chi connectivity index (χ3v) is 2.89. The van der Waals surface area contributed by atoms with Crippen LogP contribution in [0.3, 0.4) is 0 Å². The van der Waals surface area contributed by atoms with Crippen molar-refractivity contribution in [3.05, 3.63) is 47.5 Å². The van der Waals surface area contributed by atoms with Crippen LogP contribution in [0, 0.1) is 11.3 Å². The highest BCUT2D eigenvalue weighted by Crippen LogP contribution is 2.32. The summed E-state index contributed by atoms with van der Waals surface area (Å²) in [7, 11) is 0. The number of benzene rings is 1. The highest BCUT2D eigenvalue weighted by molar-refractivity contribution is 5.87. The summed E-state index contributed by atoms with van der Waals surface area (Å²) in [6, 6.07) is 7.85. The molecule has 0 bridgehead atoms. The zero-order valence-corrected chi connectivity index (χ0v) is 8.86. The Labute approximate surface area is 94.4 Å². The van der Waals surface area contributed by atoms with Crippen LogP contribution in [0.1, 0.15) is 29.2 Å². The predicted octanol–water partition coefficient (Wildman–Crippen LogP) is 1.85. The lowest BCUT2D eigenvalue weighted by Crippen LogP contribution is -2.24. The Kier molecular flexibility index (Phi) is 2.74. The molecule has 3 nitrogen and oxygen atoms in total. The molecule has 16 heavy (non-hydrogen) atoms. The van der Waals surface area contributed by atoms with Gasteiger partial charge in [0.1, 0.15) is 0 Å². The fraction of sp³-hybridized carbons (Fsp3) is 0.231. The summed E-state index contributed by atoms with van der Waals surface area (Å²) in [6.07, 6.45) is 2.97.